The van der Waals surface area contributed by atoms with E-state index in [1.54, 1.807) is 20.3 Å². The van der Waals surface area contributed by atoms with E-state index in [1.165, 1.54) is 7.11 Å². The first kappa shape index (κ1) is 33.7. The van der Waals surface area contributed by atoms with Gasteiger partial charge in [0, 0.05) is 12.2 Å². The molecule has 0 N–H and O–H groups in total. The van der Waals surface area contributed by atoms with Crippen molar-refractivity contribution in [3.05, 3.63) is 23.3 Å². The molecule has 0 bridgehead atoms. The molecule has 0 fully saturated rings. The number of ether oxygens (including phenoxy) is 3. The highest BCUT2D eigenvalue weighted by molar-refractivity contribution is 6.74. The summed E-state index contributed by atoms with van der Waals surface area (Å²) in [6.07, 6.45) is 3.23. The summed E-state index contributed by atoms with van der Waals surface area (Å²) in [5, 5.41) is 0.163. The third kappa shape index (κ3) is 9.11. The number of carbonyl (C=O) groups excluding carboxylic acids is 1. The molecule has 0 heterocycles. The van der Waals surface area contributed by atoms with Gasteiger partial charge < -0.3 is 23.1 Å². The summed E-state index contributed by atoms with van der Waals surface area (Å²) in [6, 6.07) is 3.63. The molecule has 0 saturated carbocycles. The Hall–Kier alpha value is -1.36. The summed E-state index contributed by atoms with van der Waals surface area (Å²) in [5.41, 5.74) is 1.22. The molecule has 0 saturated heterocycles. The second kappa shape index (κ2) is 13.1. The molecule has 0 unspecified atom stereocenters. The predicted molar refractivity (Wildman–Crippen MR) is 158 cm³/mol. The van der Waals surface area contributed by atoms with Crippen LogP contribution in [0.3, 0.4) is 0 Å². The maximum Gasteiger partial charge on any atom is 0.341 e. The highest BCUT2D eigenvalue weighted by Gasteiger charge is 2.42. The molecule has 0 aromatic heterocycles. The maximum atomic E-state index is 12.9. The summed E-state index contributed by atoms with van der Waals surface area (Å²) < 4.78 is 30.2. The lowest BCUT2D eigenvalue weighted by Gasteiger charge is -2.42. The van der Waals surface area contributed by atoms with E-state index in [0.29, 0.717) is 23.5 Å². The van der Waals surface area contributed by atoms with E-state index >= 15 is 0 Å². The van der Waals surface area contributed by atoms with Gasteiger partial charge in [-0.05, 0) is 67.2 Å². The molecule has 2 atom stereocenters. The van der Waals surface area contributed by atoms with Crippen LogP contribution >= 0.6 is 0 Å². The van der Waals surface area contributed by atoms with Gasteiger partial charge in [0.25, 0.3) is 0 Å². The van der Waals surface area contributed by atoms with Crippen molar-refractivity contribution in [3.63, 3.8) is 0 Å². The minimum absolute atomic E-state index is 0.0447. The summed E-state index contributed by atoms with van der Waals surface area (Å²) in [4.78, 5) is 12.9. The average Bonchev–Trinajstić information content (AvgIpc) is 2.75. The van der Waals surface area contributed by atoms with Crippen molar-refractivity contribution in [1.82, 2.24) is 0 Å². The molecule has 0 aliphatic carbocycles. The van der Waals surface area contributed by atoms with E-state index in [-0.39, 0.29) is 22.3 Å². The van der Waals surface area contributed by atoms with Gasteiger partial charge in [-0.15, -0.1) is 0 Å². The number of hydrogen-bond acceptors (Lipinski definition) is 6. The van der Waals surface area contributed by atoms with Crippen LogP contribution in [-0.2, 0) is 20.0 Å². The van der Waals surface area contributed by atoms with Gasteiger partial charge in [-0.2, -0.15) is 0 Å². The highest BCUT2D eigenvalue weighted by atomic mass is 28.4. The van der Waals surface area contributed by atoms with Gasteiger partial charge in [0.2, 0.25) is 0 Å². The van der Waals surface area contributed by atoms with Crippen LogP contribution in [-0.4, -0.2) is 56.1 Å². The Balaban J connectivity index is 3.58. The van der Waals surface area contributed by atoms with Crippen LogP contribution in [0.25, 0.3) is 0 Å². The summed E-state index contributed by atoms with van der Waals surface area (Å²) >= 11 is 0. The van der Waals surface area contributed by atoms with Crippen LogP contribution in [0.4, 0.5) is 0 Å². The number of methoxy groups -OCH3 is 3. The topological polar surface area (TPSA) is 63.2 Å². The lowest BCUT2D eigenvalue weighted by molar-refractivity contribution is 0.0593. The molecular weight excluding hydrogens is 500 g/mol. The molecule has 0 aliphatic rings. The molecule has 0 radical (unpaired) electrons. The van der Waals surface area contributed by atoms with Crippen LogP contribution < -0.4 is 9.47 Å². The van der Waals surface area contributed by atoms with E-state index in [4.69, 9.17) is 23.1 Å². The van der Waals surface area contributed by atoms with Crippen molar-refractivity contribution in [2.24, 2.45) is 0 Å². The average molecular weight is 555 g/mol. The molecule has 1 aromatic carbocycles. The van der Waals surface area contributed by atoms with E-state index < -0.39 is 22.6 Å². The van der Waals surface area contributed by atoms with E-state index in [1.807, 2.05) is 6.07 Å². The Morgan fingerprint density at radius 2 is 1.35 bits per heavy atom. The third-order valence-electron chi connectivity index (χ3n) is 8.12. The molecule has 8 heteroatoms. The second-order valence-electron chi connectivity index (χ2n) is 13.1. The SMILES string of the molecule is CCC[C@@H](C[C@H](Cc1cc(OC)cc(OC)c1C(=O)OC)O[Si](C)(C)C(C)(C)C)O[Si](C)(C)C(C)(C)C. The minimum atomic E-state index is -2.13. The van der Waals surface area contributed by atoms with Gasteiger partial charge in [0.1, 0.15) is 17.1 Å². The minimum Gasteiger partial charge on any atom is -0.497 e. The first-order chi connectivity index (χ1) is 16.8. The Labute approximate surface area is 229 Å². The van der Waals surface area contributed by atoms with Gasteiger partial charge in [-0.25, -0.2) is 4.79 Å². The molecule has 6 nitrogen and oxygen atoms in total. The zero-order valence-electron chi connectivity index (χ0n) is 26.1. The van der Waals surface area contributed by atoms with Crippen molar-refractivity contribution in [2.75, 3.05) is 21.3 Å². The van der Waals surface area contributed by atoms with E-state index in [2.05, 4.69) is 74.7 Å². The number of hydrogen-bond donors (Lipinski definition) is 0. The predicted octanol–water partition coefficient (Wildman–Crippen LogP) is 8.00. The van der Waals surface area contributed by atoms with Crippen molar-refractivity contribution >= 4 is 22.6 Å². The zero-order valence-corrected chi connectivity index (χ0v) is 28.1. The Bertz CT molecular complexity index is 884. The standard InChI is InChI=1S/C29H54O6Si2/c1-15-16-22(34-36(11,12)28(2,3)4)19-24(35-37(13,14)29(5,6)7)18-21-17-23(31-8)20-25(32-9)26(21)27(30)33-10/h17,20,22,24H,15-16,18-19H2,1-14H3/t22-,24-/m0/s1. The normalized spacial score (nSPS) is 14.8. The molecular formula is C29H54O6Si2. The zero-order chi connectivity index (χ0) is 28.8. The maximum absolute atomic E-state index is 12.9. The first-order valence-corrected chi connectivity index (χ1v) is 19.3. The van der Waals surface area contributed by atoms with E-state index in [0.717, 1.165) is 24.8 Å². The van der Waals surface area contributed by atoms with Crippen LogP contribution in [0, 0.1) is 0 Å². The van der Waals surface area contributed by atoms with Crippen molar-refractivity contribution in [3.8, 4) is 11.5 Å². The summed E-state index contributed by atoms with van der Waals surface area (Å²) in [7, 11) is 0.454. The number of benzene rings is 1. The molecule has 1 rings (SSSR count). The lowest BCUT2D eigenvalue weighted by Crippen LogP contribution is -2.47. The third-order valence-corrected chi connectivity index (χ3v) is 17.2. The van der Waals surface area contributed by atoms with Gasteiger partial charge in [-0.1, -0.05) is 54.9 Å². The van der Waals surface area contributed by atoms with Crippen LogP contribution in [0.15, 0.2) is 12.1 Å². The van der Waals surface area contributed by atoms with Crippen molar-refractivity contribution in [1.29, 1.82) is 0 Å². The summed E-state index contributed by atoms with van der Waals surface area (Å²) in [5.74, 6) is 0.645. The van der Waals surface area contributed by atoms with Crippen molar-refractivity contribution < 1.29 is 27.9 Å². The first-order valence-electron chi connectivity index (χ1n) is 13.5. The molecule has 0 aliphatic heterocycles. The van der Waals surface area contributed by atoms with Gasteiger partial charge in [0.15, 0.2) is 16.6 Å². The number of rotatable bonds is 13. The Kier molecular flexibility index (Phi) is 12.0. The van der Waals surface area contributed by atoms with E-state index in [9.17, 15) is 4.79 Å². The number of carbonyl (C=O) groups is 1. The Morgan fingerprint density at radius 3 is 1.76 bits per heavy atom. The largest absolute Gasteiger partial charge is 0.497 e. The van der Waals surface area contributed by atoms with Gasteiger partial charge >= 0.3 is 5.97 Å². The molecule has 214 valence electrons. The summed E-state index contributed by atoms with van der Waals surface area (Å²) in [6.45, 7) is 24.9. The molecule has 1 aromatic rings. The molecule has 0 spiro atoms. The smallest absolute Gasteiger partial charge is 0.341 e. The fourth-order valence-corrected chi connectivity index (χ4v) is 6.63. The fourth-order valence-electron chi connectivity index (χ4n) is 3.86. The van der Waals surface area contributed by atoms with Crippen LogP contribution in [0.5, 0.6) is 11.5 Å². The fraction of sp³-hybridized carbons (Fsp3) is 0.759. The van der Waals surface area contributed by atoms with Crippen LogP contribution in [0.2, 0.25) is 36.3 Å². The second-order valence-corrected chi connectivity index (χ2v) is 22.6. The van der Waals surface area contributed by atoms with Gasteiger partial charge in [-0.3, -0.25) is 0 Å². The Morgan fingerprint density at radius 1 is 0.838 bits per heavy atom. The monoisotopic (exact) mass is 554 g/mol. The van der Waals surface area contributed by atoms with Crippen molar-refractivity contribution in [2.45, 2.75) is 123 Å². The lowest BCUT2D eigenvalue weighted by atomic mass is 9.96. The van der Waals surface area contributed by atoms with Gasteiger partial charge in [0.05, 0.1) is 27.4 Å². The highest BCUT2D eigenvalue weighted by Crippen LogP contribution is 2.41. The molecule has 0 amide bonds. The molecule has 37 heavy (non-hydrogen) atoms. The van der Waals surface area contributed by atoms with Crippen LogP contribution in [0.1, 0.15) is 83.7 Å². The number of esters is 1. The quantitative estimate of drug-likeness (QED) is 0.182.